The lowest BCUT2D eigenvalue weighted by Crippen LogP contribution is -1.94. The summed E-state index contributed by atoms with van der Waals surface area (Å²) in [6.07, 6.45) is 6.02. The van der Waals surface area contributed by atoms with E-state index in [0.29, 0.717) is 12.8 Å². The highest BCUT2D eigenvalue weighted by molar-refractivity contribution is 9.10. The zero-order chi connectivity index (χ0) is 12.3. The Morgan fingerprint density at radius 2 is 1.94 bits per heavy atom. The van der Waals surface area contributed by atoms with Gasteiger partial charge in [0.25, 0.3) is 0 Å². The lowest BCUT2D eigenvalue weighted by Gasteiger charge is -2.06. The van der Waals surface area contributed by atoms with Crippen molar-refractivity contribution < 1.29 is 9.18 Å². The summed E-state index contributed by atoms with van der Waals surface area (Å²) in [6, 6.07) is 4.87. The van der Waals surface area contributed by atoms with Crippen LogP contribution >= 0.6 is 15.9 Å². The van der Waals surface area contributed by atoms with Gasteiger partial charge >= 0.3 is 0 Å². The average Bonchev–Trinajstić information content (AvgIpc) is 2.41. The molecule has 1 aromatic rings. The number of carbonyl (C=O) groups is 1. The van der Waals surface area contributed by atoms with Crippen molar-refractivity contribution in [3.63, 3.8) is 0 Å². The monoisotopic (exact) mass is 296 g/mol. The Balaban J connectivity index is 2.16. The van der Waals surface area contributed by atoms with Crippen LogP contribution < -0.4 is 0 Å². The summed E-state index contributed by atoms with van der Waals surface area (Å²) < 4.78 is 14.0. The maximum atomic E-state index is 13.2. The molecular weight excluding hydrogens is 283 g/mol. The number of halogens is 2. The first kappa shape index (κ1) is 12.5. The summed E-state index contributed by atoms with van der Waals surface area (Å²) in [5, 5.41) is 0. The van der Waals surface area contributed by atoms with E-state index in [2.05, 4.69) is 15.9 Å². The van der Waals surface area contributed by atoms with Gasteiger partial charge in [0, 0.05) is 10.9 Å². The summed E-state index contributed by atoms with van der Waals surface area (Å²) in [5.41, 5.74) is 2.03. The van der Waals surface area contributed by atoms with Crippen molar-refractivity contribution in [1.29, 1.82) is 0 Å². The van der Waals surface area contributed by atoms with E-state index in [1.54, 1.807) is 6.08 Å². The van der Waals surface area contributed by atoms with Gasteiger partial charge in [-0.1, -0.05) is 21.5 Å². The quantitative estimate of drug-likeness (QED) is 0.799. The molecule has 3 heteroatoms. The van der Waals surface area contributed by atoms with Crippen LogP contribution in [0, 0.1) is 5.82 Å². The van der Waals surface area contributed by atoms with Crippen molar-refractivity contribution in [2.45, 2.75) is 32.1 Å². The van der Waals surface area contributed by atoms with Gasteiger partial charge in [0.1, 0.15) is 5.82 Å². The molecule has 0 aliphatic heterocycles. The minimum absolute atomic E-state index is 0.202. The maximum absolute atomic E-state index is 13.2. The van der Waals surface area contributed by atoms with Gasteiger partial charge in [-0.25, -0.2) is 4.39 Å². The SMILES string of the molecule is O=C1C=C(Cc2cc(F)cc(Br)c2)CCCC1. The predicted octanol–water partition coefficient (Wildman–Crippen LogP) is 4.20. The van der Waals surface area contributed by atoms with Crippen LogP contribution in [0.5, 0.6) is 0 Å². The van der Waals surface area contributed by atoms with Crippen molar-refractivity contribution in [2.75, 3.05) is 0 Å². The molecule has 90 valence electrons. The van der Waals surface area contributed by atoms with Crippen molar-refractivity contribution in [3.05, 3.63) is 45.7 Å². The first-order chi connectivity index (χ1) is 8.13. The van der Waals surface area contributed by atoms with Gasteiger partial charge < -0.3 is 0 Å². The molecule has 0 saturated carbocycles. The zero-order valence-electron chi connectivity index (χ0n) is 9.51. The third-order valence-corrected chi connectivity index (χ3v) is 3.35. The van der Waals surface area contributed by atoms with Gasteiger partial charge in [0.05, 0.1) is 0 Å². The second-order valence-corrected chi connectivity index (χ2v) is 5.35. The summed E-state index contributed by atoms with van der Waals surface area (Å²) in [6.45, 7) is 0. The molecular formula is C14H14BrFO. The summed E-state index contributed by atoms with van der Waals surface area (Å²) in [5.74, 6) is -0.0390. The Morgan fingerprint density at radius 3 is 2.71 bits per heavy atom. The van der Waals surface area contributed by atoms with E-state index in [1.165, 1.54) is 12.1 Å². The van der Waals surface area contributed by atoms with Gasteiger partial charge in [0.15, 0.2) is 5.78 Å². The van der Waals surface area contributed by atoms with Crippen LogP contribution in [-0.4, -0.2) is 5.78 Å². The third-order valence-electron chi connectivity index (χ3n) is 2.89. The minimum Gasteiger partial charge on any atom is -0.295 e. The second kappa shape index (κ2) is 5.58. The van der Waals surface area contributed by atoms with E-state index in [1.807, 2.05) is 6.07 Å². The molecule has 0 N–H and O–H groups in total. The van der Waals surface area contributed by atoms with Crippen LogP contribution in [0.1, 0.15) is 31.2 Å². The molecule has 1 aliphatic carbocycles. The van der Waals surface area contributed by atoms with Gasteiger partial charge in [-0.3, -0.25) is 4.79 Å². The Bertz CT molecular complexity index is 445. The lowest BCUT2D eigenvalue weighted by atomic mass is 10.0. The van der Waals surface area contributed by atoms with E-state index in [9.17, 15) is 9.18 Å². The largest absolute Gasteiger partial charge is 0.295 e. The topological polar surface area (TPSA) is 17.1 Å². The zero-order valence-corrected chi connectivity index (χ0v) is 11.1. The Morgan fingerprint density at radius 1 is 1.18 bits per heavy atom. The van der Waals surface area contributed by atoms with Crippen molar-refractivity contribution in [2.24, 2.45) is 0 Å². The normalized spacial score (nSPS) is 16.6. The fourth-order valence-corrected chi connectivity index (χ4v) is 2.65. The standard InChI is InChI=1S/C14H14BrFO/c15-12-6-11(7-13(16)9-12)5-10-3-1-2-4-14(17)8-10/h6-9H,1-5H2. The molecule has 2 rings (SSSR count). The molecule has 17 heavy (non-hydrogen) atoms. The second-order valence-electron chi connectivity index (χ2n) is 4.43. The van der Waals surface area contributed by atoms with Gasteiger partial charge in [-0.15, -0.1) is 0 Å². The number of carbonyl (C=O) groups excluding carboxylic acids is 1. The van der Waals surface area contributed by atoms with Gasteiger partial charge in [-0.05, 0) is 55.5 Å². The summed E-state index contributed by atoms with van der Waals surface area (Å²) >= 11 is 3.28. The molecule has 0 aromatic heterocycles. The van der Waals surface area contributed by atoms with E-state index in [0.717, 1.165) is 34.9 Å². The minimum atomic E-state index is -0.241. The van der Waals surface area contributed by atoms with E-state index >= 15 is 0 Å². The fourth-order valence-electron chi connectivity index (χ4n) is 2.14. The molecule has 1 aromatic carbocycles. The molecule has 0 unspecified atom stereocenters. The number of ketones is 1. The van der Waals surface area contributed by atoms with Crippen molar-refractivity contribution in [1.82, 2.24) is 0 Å². The fraction of sp³-hybridized carbons (Fsp3) is 0.357. The number of hydrogen-bond acceptors (Lipinski definition) is 1. The molecule has 0 radical (unpaired) electrons. The molecule has 0 atom stereocenters. The smallest absolute Gasteiger partial charge is 0.155 e. The number of rotatable bonds is 2. The van der Waals surface area contributed by atoms with Gasteiger partial charge in [0.2, 0.25) is 0 Å². The highest BCUT2D eigenvalue weighted by Crippen LogP contribution is 2.22. The highest BCUT2D eigenvalue weighted by Gasteiger charge is 2.09. The lowest BCUT2D eigenvalue weighted by molar-refractivity contribution is -0.114. The average molecular weight is 297 g/mol. The van der Waals surface area contributed by atoms with E-state index in [-0.39, 0.29) is 11.6 Å². The van der Waals surface area contributed by atoms with Crippen LogP contribution in [0.3, 0.4) is 0 Å². The number of benzene rings is 1. The summed E-state index contributed by atoms with van der Waals surface area (Å²) in [7, 11) is 0. The van der Waals surface area contributed by atoms with Crippen LogP contribution in [0.2, 0.25) is 0 Å². The molecule has 0 saturated heterocycles. The molecule has 1 aliphatic rings. The molecule has 0 bridgehead atoms. The third kappa shape index (κ3) is 3.77. The van der Waals surface area contributed by atoms with Crippen LogP contribution in [0.4, 0.5) is 4.39 Å². The maximum Gasteiger partial charge on any atom is 0.155 e. The van der Waals surface area contributed by atoms with Crippen molar-refractivity contribution in [3.8, 4) is 0 Å². The van der Waals surface area contributed by atoms with Gasteiger partial charge in [-0.2, -0.15) is 0 Å². The Labute approximate surface area is 109 Å². The summed E-state index contributed by atoms with van der Waals surface area (Å²) in [4.78, 5) is 11.5. The van der Waals surface area contributed by atoms with Crippen LogP contribution in [0.25, 0.3) is 0 Å². The molecule has 1 nitrogen and oxygen atoms in total. The van der Waals surface area contributed by atoms with E-state index in [4.69, 9.17) is 0 Å². The molecule has 0 amide bonds. The number of hydrogen-bond donors (Lipinski definition) is 0. The molecule has 0 fully saturated rings. The Kier molecular flexibility index (Phi) is 4.11. The molecule has 0 spiro atoms. The predicted molar refractivity (Wildman–Crippen MR) is 69.4 cm³/mol. The Hall–Kier alpha value is -0.960. The van der Waals surface area contributed by atoms with E-state index < -0.39 is 0 Å². The first-order valence-corrected chi connectivity index (χ1v) is 6.60. The van der Waals surface area contributed by atoms with Crippen LogP contribution in [-0.2, 0) is 11.2 Å². The highest BCUT2D eigenvalue weighted by atomic mass is 79.9. The molecule has 0 heterocycles. The van der Waals surface area contributed by atoms with Crippen molar-refractivity contribution >= 4 is 21.7 Å². The van der Waals surface area contributed by atoms with Crippen LogP contribution in [0.15, 0.2) is 34.3 Å². The first-order valence-electron chi connectivity index (χ1n) is 5.81. The number of allylic oxidation sites excluding steroid dienone is 2.